The fraction of sp³-hybridized carbons (Fsp3) is 0.889. The zero-order valence-electron chi connectivity index (χ0n) is 14.9. The molecule has 2 amide bonds. The van der Waals surface area contributed by atoms with Crippen LogP contribution in [0, 0.1) is 5.92 Å². The van der Waals surface area contributed by atoms with Crippen LogP contribution in [0.15, 0.2) is 0 Å². The quantitative estimate of drug-likeness (QED) is 0.813. The Morgan fingerprint density at radius 3 is 2.35 bits per heavy atom. The van der Waals surface area contributed by atoms with Crippen molar-refractivity contribution in [3.05, 3.63) is 0 Å². The van der Waals surface area contributed by atoms with Crippen LogP contribution in [0.25, 0.3) is 0 Å². The lowest BCUT2D eigenvalue weighted by molar-refractivity contribution is -0.133. The number of hydrogen-bond acceptors (Lipinski definition) is 3. The van der Waals surface area contributed by atoms with Crippen LogP contribution in [0.3, 0.4) is 0 Å². The fourth-order valence-electron chi connectivity index (χ4n) is 3.54. The van der Waals surface area contributed by atoms with Gasteiger partial charge in [-0.15, -0.1) is 0 Å². The second kappa shape index (κ2) is 9.26. The molecular formula is C18H33N3O2. The molecule has 1 unspecified atom stereocenters. The molecule has 2 rings (SSSR count). The van der Waals surface area contributed by atoms with Gasteiger partial charge in [-0.3, -0.25) is 9.59 Å². The largest absolute Gasteiger partial charge is 0.356 e. The third-order valence-electron chi connectivity index (χ3n) is 5.16. The molecule has 0 aromatic carbocycles. The summed E-state index contributed by atoms with van der Waals surface area (Å²) in [4.78, 5) is 28.5. The monoisotopic (exact) mass is 323 g/mol. The molecule has 0 aliphatic carbocycles. The zero-order valence-corrected chi connectivity index (χ0v) is 14.9. The molecule has 0 bridgehead atoms. The summed E-state index contributed by atoms with van der Waals surface area (Å²) in [5.41, 5.74) is 0. The van der Waals surface area contributed by atoms with Crippen molar-refractivity contribution >= 4 is 11.8 Å². The number of likely N-dealkylation sites (tertiary alicyclic amines) is 2. The molecule has 132 valence electrons. The van der Waals surface area contributed by atoms with Crippen molar-refractivity contribution in [1.29, 1.82) is 0 Å². The van der Waals surface area contributed by atoms with E-state index in [1.165, 1.54) is 12.8 Å². The maximum Gasteiger partial charge on any atom is 0.223 e. The highest BCUT2D eigenvalue weighted by Crippen LogP contribution is 2.17. The molecule has 1 N–H and O–H groups in total. The van der Waals surface area contributed by atoms with Crippen molar-refractivity contribution in [3.8, 4) is 0 Å². The van der Waals surface area contributed by atoms with Crippen molar-refractivity contribution < 1.29 is 9.59 Å². The molecule has 0 saturated carbocycles. The highest BCUT2D eigenvalue weighted by atomic mass is 16.2. The maximum absolute atomic E-state index is 12.2. The minimum Gasteiger partial charge on any atom is -0.356 e. The van der Waals surface area contributed by atoms with E-state index < -0.39 is 0 Å². The van der Waals surface area contributed by atoms with E-state index in [0.717, 1.165) is 52.0 Å². The smallest absolute Gasteiger partial charge is 0.223 e. The van der Waals surface area contributed by atoms with Gasteiger partial charge in [0.15, 0.2) is 0 Å². The van der Waals surface area contributed by atoms with Crippen LogP contribution in [-0.2, 0) is 9.59 Å². The van der Waals surface area contributed by atoms with Gasteiger partial charge in [-0.1, -0.05) is 12.8 Å². The lowest BCUT2D eigenvalue weighted by atomic mass is 10.1. The van der Waals surface area contributed by atoms with E-state index in [2.05, 4.69) is 24.1 Å². The van der Waals surface area contributed by atoms with E-state index in [0.29, 0.717) is 24.8 Å². The van der Waals surface area contributed by atoms with E-state index in [-0.39, 0.29) is 11.8 Å². The van der Waals surface area contributed by atoms with Crippen LogP contribution >= 0.6 is 0 Å². The predicted octanol–water partition coefficient (Wildman–Crippen LogP) is 2.02. The third kappa shape index (κ3) is 6.13. The molecule has 1 atom stereocenters. The van der Waals surface area contributed by atoms with Gasteiger partial charge in [0.25, 0.3) is 0 Å². The first-order valence-electron chi connectivity index (χ1n) is 9.35. The van der Waals surface area contributed by atoms with Crippen LogP contribution in [0.1, 0.15) is 58.8 Å². The number of rotatable bonds is 6. The normalized spacial score (nSPS) is 23.1. The molecule has 2 heterocycles. The number of nitrogens with one attached hydrogen (secondary N) is 1. The number of carbonyl (C=O) groups is 2. The van der Waals surface area contributed by atoms with Crippen LogP contribution in [-0.4, -0.2) is 60.4 Å². The first kappa shape index (κ1) is 18.2. The minimum atomic E-state index is 0.0242. The zero-order chi connectivity index (χ0) is 16.7. The molecule has 2 saturated heterocycles. The SMILES string of the molecule is CC(C)N1CCC(CNC(=O)CCC(=O)N2CCCCCC2)C1. The van der Waals surface area contributed by atoms with Gasteiger partial charge in [0.2, 0.25) is 11.8 Å². The summed E-state index contributed by atoms with van der Waals surface area (Å²) < 4.78 is 0. The Hall–Kier alpha value is -1.10. The van der Waals surface area contributed by atoms with Crippen molar-refractivity contribution in [2.24, 2.45) is 5.92 Å². The standard InChI is InChI=1S/C18H33N3O2/c1-15(2)21-12-9-16(14-21)13-19-17(22)7-8-18(23)20-10-5-3-4-6-11-20/h15-16H,3-14H2,1-2H3,(H,19,22). The Morgan fingerprint density at radius 2 is 1.74 bits per heavy atom. The Labute approximate surface area is 140 Å². The van der Waals surface area contributed by atoms with Crippen LogP contribution in [0.4, 0.5) is 0 Å². The van der Waals surface area contributed by atoms with E-state index >= 15 is 0 Å². The Balaban J connectivity index is 1.60. The van der Waals surface area contributed by atoms with Crippen molar-refractivity contribution in [3.63, 3.8) is 0 Å². The number of amides is 2. The predicted molar refractivity (Wildman–Crippen MR) is 92.1 cm³/mol. The van der Waals surface area contributed by atoms with E-state index in [9.17, 15) is 9.59 Å². The number of nitrogens with zero attached hydrogens (tertiary/aromatic N) is 2. The first-order valence-corrected chi connectivity index (χ1v) is 9.35. The van der Waals surface area contributed by atoms with Crippen molar-refractivity contribution in [2.45, 2.75) is 64.8 Å². The van der Waals surface area contributed by atoms with Gasteiger partial charge < -0.3 is 15.1 Å². The summed E-state index contributed by atoms with van der Waals surface area (Å²) in [6.45, 7) is 9.13. The molecule has 5 heteroatoms. The average molecular weight is 323 g/mol. The topological polar surface area (TPSA) is 52.7 Å². The van der Waals surface area contributed by atoms with E-state index in [1.807, 2.05) is 4.90 Å². The van der Waals surface area contributed by atoms with Crippen LogP contribution in [0.2, 0.25) is 0 Å². The summed E-state index contributed by atoms with van der Waals surface area (Å²) in [6, 6.07) is 0.585. The summed E-state index contributed by atoms with van der Waals surface area (Å²) in [6.07, 6.45) is 6.49. The van der Waals surface area contributed by atoms with Gasteiger partial charge in [-0.05, 0) is 45.6 Å². The molecule has 0 aromatic rings. The second-order valence-corrected chi connectivity index (χ2v) is 7.34. The molecule has 0 radical (unpaired) electrons. The Kier molecular flexibility index (Phi) is 7.34. The van der Waals surface area contributed by atoms with Gasteiger partial charge in [0.1, 0.15) is 0 Å². The van der Waals surface area contributed by atoms with Gasteiger partial charge >= 0.3 is 0 Å². The first-order chi connectivity index (χ1) is 11.1. The number of hydrogen-bond donors (Lipinski definition) is 1. The molecule has 2 aliphatic heterocycles. The highest BCUT2D eigenvalue weighted by molar-refractivity contribution is 5.83. The Morgan fingerprint density at radius 1 is 1.04 bits per heavy atom. The summed E-state index contributed by atoms with van der Waals surface area (Å²) >= 11 is 0. The molecule has 5 nitrogen and oxygen atoms in total. The molecule has 2 fully saturated rings. The Bertz CT molecular complexity index is 390. The van der Waals surface area contributed by atoms with Gasteiger partial charge in [-0.2, -0.15) is 0 Å². The lowest BCUT2D eigenvalue weighted by Crippen LogP contribution is -2.35. The molecule has 2 aliphatic rings. The summed E-state index contributed by atoms with van der Waals surface area (Å²) in [7, 11) is 0. The minimum absolute atomic E-state index is 0.0242. The number of carbonyl (C=O) groups excluding carboxylic acids is 2. The van der Waals surface area contributed by atoms with Gasteiger partial charge in [0.05, 0.1) is 0 Å². The van der Waals surface area contributed by atoms with E-state index in [1.54, 1.807) is 0 Å². The highest BCUT2D eigenvalue weighted by Gasteiger charge is 2.24. The fourth-order valence-corrected chi connectivity index (χ4v) is 3.54. The van der Waals surface area contributed by atoms with Crippen molar-refractivity contribution in [1.82, 2.24) is 15.1 Å². The average Bonchev–Trinajstić information content (AvgIpc) is 2.84. The molecular weight excluding hydrogens is 290 g/mol. The van der Waals surface area contributed by atoms with Crippen molar-refractivity contribution in [2.75, 3.05) is 32.7 Å². The van der Waals surface area contributed by atoms with E-state index in [4.69, 9.17) is 0 Å². The van der Waals surface area contributed by atoms with Gasteiger partial charge in [0, 0.05) is 45.1 Å². The third-order valence-corrected chi connectivity index (χ3v) is 5.16. The maximum atomic E-state index is 12.2. The van der Waals surface area contributed by atoms with Gasteiger partial charge in [-0.25, -0.2) is 0 Å². The summed E-state index contributed by atoms with van der Waals surface area (Å²) in [5, 5.41) is 3.02. The van der Waals surface area contributed by atoms with Crippen LogP contribution in [0.5, 0.6) is 0 Å². The lowest BCUT2D eigenvalue weighted by Gasteiger charge is -2.21. The molecule has 0 spiro atoms. The molecule has 23 heavy (non-hydrogen) atoms. The van der Waals surface area contributed by atoms with Crippen LogP contribution < -0.4 is 5.32 Å². The second-order valence-electron chi connectivity index (χ2n) is 7.34. The summed E-state index contributed by atoms with van der Waals surface area (Å²) in [5.74, 6) is 0.729. The molecule has 0 aromatic heterocycles.